The minimum absolute atomic E-state index is 0.230. The first-order valence-corrected chi connectivity index (χ1v) is 9.56. The topological polar surface area (TPSA) is 74.6 Å². The normalized spacial score (nSPS) is 14.9. The summed E-state index contributed by atoms with van der Waals surface area (Å²) < 4.78 is 0. The molecule has 5 nitrogen and oxygen atoms in total. The fraction of sp³-hybridized carbons (Fsp3) is 0.150. The minimum atomic E-state index is -0.972. The zero-order valence-corrected chi connectivity index (χ0v) is 16.2. The molecule has 0 spiro atoms. The Labute approximate surface area is 165 Å². The summed E-state index contributed by atoms with van der Waals surface area (Å²) >= 11 is 7.56. The molecule has 3 aromatic rings. The van der Waals surface area contributed by atoms with E-state index >= 15 is 0 Å². The van der Waals surface area contributed by atoms with Gasteiger partial charge in [0.1, 0.15) is 0 Å². The molecule has 0 fully saturated rings. The number of benzene rings is 2. The van der Waals surface area contributed by atoms with Crippen molar-refractivity contribution in [1.29, 1.82) is 0 Å². The second-order valence-electron chi connectivity index (χ2n) is 6.72. The number of rotatable bonds is 3. The molecule has 4 rings (SSSR count). The van der Waals surface area contributed by atoms with Gasteiger partial charge < -0.3 is 10.4 Å². The summed E-state index contributed by atoms with van der Waals surface area (Å²) in [6.45, 7) is 4.05. The van der Waals surface area contributed by atoms with Crippen molar-refractivity contribution in [3.8, 4) is 11.3 Å². The highest BCUT2D eigenvalue weighted by atomic mass is 35.5. The summed E-state index contributed by atoms with van der Waals surface area (Å²) in [5.41, 5.74) is 2.95. The van der Waals surface area contributed by atoms with Crippen LogP contribution in [0.4, 0.5) is 5.69 Å². The second-order valence-corrected chi connectivity index (χ2v) is 8.02. The van der Waals surface area contributed by atoms with E-state index in [1.807, 2.05) is 37.4 Å². The van der Waals surface area contributed by atoms with Gasteiger partial charge >= 0.3 is 5.97 Å². The number of aromatic carboxylic acids is 1. The van der Waals surface area contributed by atoms with E-state index in [-0.39, 0.29) is 5.56 Å². The lowest BCUT2D eigenvalue weighted by atomic mass is 9.92. The third-order valence-electron chi connectivity index (χ3n) is 4.43. The first-order chi connectivity index (χ1) is 12.8. The fourth-order valence-corrected chi connectivity index (χ4v) is 4.06. The number of fused-ring (bicyclic) bond motifs is 1. The van der Waals surface area contributed by atoms with E-state index in [1.165, 1.54) is 11.3 Å². The van der Waals surface area contributed by atoms with E-state index in [0.717, 1.165) is 11.3 Å². The Morgan fingerprint density at radius 2 is 2.00 bits per heavy atom. The molecule has 136 valence electrons. The van der Waals surface area contributed by atoms with Crippen molar-refractivity contribution >= 4 is 40.4 Å². The van der Waals surface area contributed by atoms with Crippen molar-refractivity contribution < 1.29 is 9.90 Å². The molecule has 0 amide bonds. The molecule has 0 bridgehead atoms. The lowest BCUT2D eigenvalue weighted by Crippen LogP contribution is -2.29. The van der Waals surface area contributed by atoms with Gasteiger partial charge in [-0.15, -0.1) is 11.3 Å². The van der Waals surface area contributed by atoms with Crippen LogP contribution in [-0.4, -0.2) is 21.9 Å². The number of halogens is 1. The number of carboxylic acid groups (broad SMARTS) is 1. The van der Waals surface area contributed by atoms with Crippen LogP contribution >= 0.6 is 22.9 Å². The number of anilines is 1. The standard InChI is InChI=1S/C20H16ClN3O2S/c1-20(2)14-9-11(21)7-8-15(14)22-17(24-20)18-23-16(10-27-18)12-5-3-4-6-13(12)19(25)26/h3-10H,1-2H3,(H,22,24)(H,25,26). The highest BCUT2D eigenvalue weighted by Crippen LogP contribution is 2.38. The van der Waals surface area contributed by atoms with Gasteiger partial charge in [-0.1, -0.05) is 29.8 Å². The number of amidine groups is 1. The van der Waals surface area contributed by atoms with Crippen LogP contribution in [0.1, 0.15) is 34.8 Å². The number of aromatic nitrogens is 1. The van der Waals surface area contributed by atoms with Gasteiger partial charge in [0.05, 0.1) is 16.8 Å². The molecular formula is C20H16ClN3O2S. The van der Waals surface area contributed by atoms with Crippen LogP contribution in [0.15, 0.2) is 52.8 Å². The Kier molecular flexibility index (Phi) is 4.25. The lowest BCUT2D eigenvalue weighted by Gasteiger charge is -2.30. The molecule has 27 heavy (non-hydrogen) atoms. The number of aliphatic imine (C=N–C) groups is 1. The first kappa shape index (κ1) is 17.7. The second kappa shape index (κ2) is 6.48. The van der Waals surface area contributed by atoms with Crippen LogP contribution in [0.5, 0.6) is 0 Å². The predicted molar refractivity (Wildman–Crippen MR) is 109 cm³/mol. The van der Waals surface area contributed by atoms with Gasteiger partial charge in [0.2, 0.25) is 0 Å². The SMILES string of the molecule is CC1(C)N=C(c2nc(-c3ccccc3C(=O)O)cs2)Nc2ccc(Cl)cc21. The van der Waals surface area contributed by atoms with Crippen molar-refractivity contribution in [3.05, 3.63) is 69.0 Å². The number of hydrogen-bond acceptors (Lipinski definition) is 5. The Morgan fingerprint density at radius 3 is 2.78 bits per heavy atom. The number of nitrogens with zero attached hydrogens (tertiary/aromatic N) is 2. The number of hydrogen-bond donors (Lipinski definition) is 2. The minimum Gasteiger partial charge on any atom is -0.478 e. The molecule has 1 aliphatic heterocycles. The van der Waals surface area contributed by atoms with Gasteiger partial charge in [0.15, 0.2) is 10.8 Å². The summed E-state index contributed by atoms with van der Waals surface area (Å²) in [4.78, 5) is 20.9. The quantitative estimate of drug-likeness (QED) is 0.631. The van der Waals surface area contributed by atoms with Crippen molar-refractivity contribution in [2.24, 2.45) is 4.99 Å². The van der Waals surface area contributed by atoms with Gasteiger partial charge in [-0.2, -0.15) is 0 Å². The fourth-order valence-electron chi connectivity index (χ4n) is 3.13. The Balaban J connectivity index is 1.74. The zero-order valence-electron chi connectivity index (χ0n) is 14.7. The average molecular weight is 398 g/mol. The highest BCUT2D eigenvalue weighted by molar-refractivity contribution is 7.12. The molecule has 0 saturated heterocycles. The molecule has 2 N–H and O–H groups in total. The van der Waals surface area contributed by atoms with E-state index in [1.54, 1.807) is 24.3 Å². The summed E-state index contributed by atoms with van der Waals surface area (Å²) in [6.07, 6.45) is 0. The molecule has 1 aromatic heterocycles. The maximum Gasteiger partial charge on any atom is 0.336 e. The molecule has 0 atom stereocenters. The molecule has 2 aromatic carbocycles. The van der Waals surface area contributed by atoms with Crippen LogP contribution < -0.4 is 5.32 Å². The number of nitrogens with one attached hydrogen (secondary N) is 1. The third-order valence-corrected chi connectivity index (χ3v) is 5.51. The van der Waals surface area contributed by atoms with Crippen molar-refractivity contribution in [2.45, 2.75) is 19.4 Å². The van der Waals surface area contributed by atoms with E-state index in [2.05, 4.69) is 10.3 Å². The van der Waals surface area contributed by atoms with Gasteiger partial charge in [-0.05, 0) is 38.1 Å². The molecular weight excluding hydrogens is 382 g/mol. The van der Waals surface area contributed by atoms with Gasteiger partial charge in [-0.25, -0.2) is 9.78 Å². The van der Waals surface area contributed by atoms with Crippen LogP contribution in [0.2, 0.25) is 5.02 Å². The molecule has 2 heterocycles. The lowest BCUT2D eigenvalue weighted by molar-refractivity contribution is 0.0697. The zero-order chi connectivity index (χ0) is 19.2. The Hall–Kier alpha value is -2.70. The van der Waals surface area contributed by atoms with Crippen LogP contribution in [0, 0.1) is 0 Å². The monoisotopic (exact) mass is 397 g/mol. The molecule has 0 unspecified atom stereocenters. The van der Waals surface area contributed by atoms with Crippen molar-refractivity contribution in [3.63, 3.8) is 0 Å². The maximum absolute atomic E-state index is 11.5. The van der Waals surface area contributed by atoms with Crippen LogP contribution in [0.25, 0.3) is 11.3 Å². The van der Waals surface area contributed by atoms with Crippen LogP contribution in [-0.2, 0) is 5.54 Å². The Bertz CT molecular complexity index is 1090. The van der Waals surface area contributed by atoms with E-state index in [9.17, 15) is 9.90 Å². The smallest absolute Gasteiger partial charge is 0.336 e. The number of carbonyl (C=O) groups is 1. The summed E-state index contributed by atoms with van der Waals surface area (Å²) in [5.74, 6) is -0.306. The summed E-state index contributed by atoms with van der Waals surface area (Å²) in [7, 11) is 0. The largest absolute Gasteiger partial charge is 0.478 e. The number of thiazole rings is 1. The third kappa shape index (κ3) is 3.22. The van der Waals surface area contributed by atoms with Gasteiger partial charge in [0.25, 0.3) is 0 Å². The number of carboxylic acids is 1. The van der Waals surface area contributed by atoms with Crippen molar-refractivity contribution in [1.82, 2.24) is 4.98 Å². The first-order valence-electron chi connectivity index (χ1n) is 8.31. The van der Waals surface area contributed by atoms with Crippen LogP contribution in [0.3, 0.4) is 0 Å². The maximum atomic E-state index is 11.5. The van der Waals surface area contributed by atoms with E-state index in [4.69, 9.17) is 16.6 Å². The Morgan fingerprint density at radius 1 is 1.22 bits per heavy atom. The van der Waals surface area contributed by atoms with E-state index < -0.39 is 11.5 Å². The predicted octanol–water partition coefficient (Wildman–Crippen LogP) is 5.27. The van der Waals surface area contributed by atoms with Crippen molar-refractivity contribution in [2.75, 3.05) is 5.32 Å². The van der Waals surface area contributed by atoms with Gasteiger partial charge in [-0.3, -0.25) is 4.99 Å². The molecule has 7 heteroatoms. The molecule has 0 saturated carbocycles. The highest BCUT2D eigenvalue weighted by Gasteiger charge is 2.30. The summed E-state index contributed by atoms with van der Waals surface area (Å²) in [6, 6.07) is 12.5. The molecule has 0 aliphatic carbocycles. The molecule has 0 radical (unpaired) electrons. The van der Waals surface area contributed by atoms with Gasteiger partial charge in [0, 0.05) is 27.2 Å². The summed E-state index contributed by atoms with van der Waals surface area (Å²) in [5, 5.41) is 16.0. The average Bonchev–Trinajstić information content (AvgIpc) is 3.12. The van der Waals surface area contributed by atoms with E-state index in [0.29, 0.717) is 27.1 Å². The molecule has 1 aliphatic rings.